The minimum Gasteiger partial charge on any atom is -0.373 e. The molecule has 0 unspecified atom stereocenters. The zero-order valence-corrected chi connectivity index (χ0v) is 14.9. The average molecular weight is 342 g/mol. The molecule has 6 nitrogen and oxygen atoms in total. The van der Waals surface area contributed by atoms with E-state index in [2.05, 4.69) is 44.5 Å². The maximum atomic E-state index is 12.3. The summed E-state index contributed by atoms with van der Waals surface area (Å²) >= 11 is 0. The standard InChI is InChI=1S/C19H26N4O2/c1-3-18-20-11-16(22-18)19(24)21-14(2)17-13-23(9-10-25-17)12-15-7-5-4-6-8-15/h4-8,11,14,17H,3,9-10,12-13H2,1-2H3,(H,20,22)(H,21,24)/t14-,17+/m0/s1. The van der Waals surface area contributed by atoms with Crippen molar-refractivity contribution in [1.29, 1.82) is 0 Å². The number of rotatable bonds is 6. The predicted octanol–water partition coefficient (Wildman–Crippen LogP) is 1.99. The van der Waals surface area contributed by atoms with E-state index < -0.39 is 0 Å². The van der Waals surface area contributed by atoms with Gasteiger partial charge in [-0.1, -0.05) is 37.3 Å². The van der Waals surface area contributed by atoms with Gasteiger partial charge in [0.05, 0.1) is 24.9 Å². The summed E-state index contributed by atoms with van der Waals surface area (Å²) in [7, 11) is 0. The van der Waals surface area contributed by atoms with Gasteiger partial charge in [0, 0.05) is 26.1 Å². The predicted molar refractivity (Wildman–Crippen MR) is 96.4 cm³/mol. The van der Waals surface area contributed by atoms with E-state index in [1.54, 1.807) is 6.20 Å². The number of morpholine rings is 1. The summed E-state index contributed by atoms with van der Waals surface area (Å²) in [6, 6.07) is 10.4. The van der Waals surface area contributed by atoms with E-state index >= 15 is 0 Å². The molecule has 25 heavy (non-hydrogen) atoms. The van der Waals surface area contributed by atoms with Crippen molar-refractivity contribution in [3.05, 3.63) is 53.6 Å². The number of aromatic amines is 1. The summed E-state index contributed by atoms with van der Waals surface area (Å²) in [6.45, 7) is 7.29. The Hall–Kier alpha value is -2.18. The lowest BCUT2D eigenvalue weighted by molar-refractivity contribution is -0.0449. The fourth-order valence-electron chi connectivity index (χ4n) is 3.05. The van der Waals surface area contributed by atoms with Gasteiger partial charge >= 0.3 is 0 Å². The highest BCUT2D eigenvalue weighted by molar-refractivity contribution is 5.92. The zero-order chi connectivity index (χ0) is 17.6. The highest BCUT2D eigenvalue weighted by Crippen LogP contribution is 2.13. The SMILES string of the molecule is CCc1ncc(C(=O)N[C@@H](C)[C@H]2CN(Cc3ccccc3)CCO2)[nH]1. The number of H-pyrrole nitrogens is 1. The second kappa shape index (κ2) is 8.27. The third kappa shape index (κ3) is 4.67. The van der Waals surface area contributed by atoms with E-state index in [0.717, 1.165) is 31.9 Å². The van der Waals surface area contributed by atoms with Crippen LogP contribution in [0.4, 0.5) is 0 Å². The number of aromatic nitrogens is 2. The van der Waals surface area contributed by atoms with E-state index in [1.807, 2.05) is 19.9 Å². The van der Waals surface area contributed by atoms with Crippen LogP contribution in [0.2, 0.25) is 0 Å². The van der Waals surface area contributed by atoms with Crippen molar-refractivity contribution < 1.29 is 9.53 Å². The van der Waals surface area contributed by atoms with Crippen LogP contribution in [0, 0.1) is 0 Å². The van der Waals surface area contributed by atoms with Crippen LogP contribution in [-0.4, -0.2) is 52.6 Å². The monoisotopic (exact) mass is 342 g/mol. The summed E-state index contributed by atoms with van der Waals surface area (Å²) in [5.74, 6) is 0.684. The molecule has 1 aliphatic heterocycles. The molecular weight excluding hydrogens is 316 g/mol. The molecule has 1 fully saturated rings. The van der Waals surface area contributed by atoms with Gasteiger partial charge in [0.15, 0.2) is 0 Å². The average Bonchev–Trinajstić information content (AvgIpc) is 3.12. The first kappa shape index (κ1) is 17.6. The Morgan fingerprint density at radius 2 is 2.24 bits per heavy atom. The van der Waals surface area contributed by atoms with Crippen LogP contribution < -0.4 is 5.32 Å². The van der Waals surface area contributed by atoms with Gasteiger partial charge in [-0.25, -0.2) is 4.98 Å². The lowest BCUT2D eigenvalue weighted by atomic mass is 10.1. The number of ether oxygens (including phenoxy) is 1. The number of hydrogen-bond donors (Lipinski definition) is 2. The van der Waals surface area contributed by atoms with E-state index in [1.165, 1.54) is 5.56 Å². The molecule has 6 heteroatoms. The summed E-state index contributed by atoms with van der Waals surface area (Å²) in [6.07, 6.45) is 2.35. The van der Waals surface area contributed by atoms with E-state index in [9.17, 15) is 4.79 Å². The van der Waals surface area contributed by atoms with Crippen LogP contribution >= 0.6 is 0 Å². The highest BCUT2D eigenvalue weighted by Gasteiger charge is 2.27. The van der Waals surface area contributed by atoms with Gasteiger partial charge in [-0.05, 0) is 12.5 Å². The number of nitrogens with one attached hydrogen (secondary N) is 2. The van der Waals surface area contributed by atoms with Crippen LogP contribution in [0.15, 0.2) is 36.5 Å². The van der Waals surface area contributed by atoms with Crippen LogP contribution in [-0.2, 0) is 17.7 Å². The Balaban J connectivity index is 1.54. The highest BCUT2D eigenvalue weighted by atomic mass is 16.5. The van der Waals surface area contributed by atoms with Crippen molar-refractivity contribution in [3.8, 4) is 0 Å². The Bertz CT molecular complexity index is 686. The van der Waals surface area contributed by atoms with Crippen molar-refractivity contribution in [2.45, 2.75) is 39.0 Å². The van der Waals surface area contributed by atoms with Gasteiger partial charge in [0.1, 0.15) is 11.5 Å². The molecule has 0 saturated carbocycles. The number of nitrogens with zero attached hydrogens (tertiary/aromatic N) is 2. The molecule has 2 atom stereocenters. The first-order valence-corrected chi connectivity index (χ1v) is 8.88. The van der Waals surface area contributed by atoms with Crippen LogP contribution in [0.5, 0.6) is 0 Å². The summed E-state index contributed by atoms with van der Waals surface area (Å²) in [5.41, 5.74) is 1.80. The fraction of sp³-hybridized carbons (Fsp3) is 0.474. The topological polar surface area (TPSA) is 70.2 Å². The largest absolute Gasteiger partial charge is 0.373 e. The lowest BCUT2D eigenvalue weighted by Gasteiger charge is -2.36. The number of hydrogen-bond acceptors (Lipinski definition) is 4. The second-order valence-electron chi connectivity index (χ2n) is 6.49. The molecule has 0 bridgehead atoms. The number of imidazole rings is 1. The minimum atomic E-state index is -0.136. The normalized spacial score (nSPS) is 19.5. The van der Waals surface area contributed by atoms with Crippen molar-refractivity contribution in [2.75, 3.05) is 19.7 Å². The molecule has 1 aromatic heterocycles. The number of amides is 1. The smallest absolute Gasteiger partial charge is 0.269 e. The molecule has 2 aromatic rings. The molecule has 1 aromatic carbocycles. The molecule has 1 aliphatic rings. The number of carbonyl (C=O) groups is 1. The van der Waals surface area contributed by atoms with Crippen molar-refractivity contribution in [1.82, 2.24) is 20.2 Å². The molecule has 134 valence electrons. The maximum Gasteiger partial charge on any atom is 0.269 e. The molecule has 1 amide bonds. The zero-order valence-electron chi connectivity index (χ0n) is 14.9. The Kier molecular flexibility index (Phi) is 5.83. The van der Waals surface area contributed by atoms with E-state index in [4.69, 9.17) is 4.74 Å². The molecule has 0 radical (unpaired) electrons. The van der Waals surface area contributed by atoms with Crippen molar-refractivity contribution in [2.24, 2.45) is 0 Å². The van der Waals surface area contributed by atoms with Gasteiger partial charge in [-0.15, -0.1) is 0 Å². The van der Waals surface area contributed by atoms with Crippen LogP contribution in [0.3, 0.4) is 0 Å². The lowest BCUT2D eigenvalue weighted by Crippen LogP contribution is -2.52. The quantitative estimate of drug-likeness (QED) is 0.842. The molecular formula is C19H26N4O2. The van der Waals surface area contributed by atoms with Gasteiger partial charge < -0.3 is 15.0 Å². The third-order valence-corrected chi connectivity index (χ3v) is 4.55. The molecule has 1 saturated heterocycles. The molecule has 2 N–H and O–H groups in total. The fourth-order valence-corrected chi connectivity index (χ4v) is 3.05. The van der Waals surface area contributed by atoms with Gasteiger partial charge in [-0.2, -0.15) is 0 Å². The molecule has 2 heterocycles. The number of aryl methyl sites for hydroxylation is 1. The first-order valence-electron chi connectivity index (χ1n) is 8.88. The maximum absolute atomic E-state index is 12.3. The third-order valence-electron chi connectivity index (χ3n) is 4.55. The van der Waals surface area contributed by atoms with Crippen LogP contribution in [0.1, 0.15) is 35.7 Å². The van der Waals surface area contributed by atoms with Gasteiger partial charge in [-0.3, -0.25) is 9.69 Å². The van der Waals surface area contributed by atoms with Crippen molar-refractivity contribution in [3.63, 3.8) is 0 Å². The molecule has 0 spiro atoms. The Morgan fingerprint density at radius 3 is 2.96 bits per heavy atom. The second-order valence-corrected chi connectivity index (χ2v) is 6.49. The first-order chi connectivity index (χ1) is 12.2. The Labute approximate surface area is 148 Å². The summed E-state index contributed by atoms with van der Waals surface area (Å²) < 4.78 is 5.89. The van der Waals surface area contributed by atoms with Gasteiger partial charge in [0.2, 0.25) is 0 Å². The van der Waals surface area contributed by atoms with Gasteiger partial charge in [0.25, 0.3) is 5.91 Å². The van der Waals surface area contributed by atoms with Crippen LogP contribution in [0.25, 0.3) is 0 Å². The summed E-state index contributed by atoms with van der Waals surface area (Å²) in [4.78, 5) is 21.9. The van der Waals surface area contributed by atoms with E-state index in [-0.39, 0.29) is 18.1 Å². The molecule has 3 rings (SSSR count). The number of benzene rings is 1. The van der Waals surface area contributed by atoms with Crippen molar-refractivity contribution >= 4 is 5.91 Å². The summed E-state index contributed by atoms with van der Waals surface area (Å²) in [5, 5.41) is 3.03. The Morgan fingerprint density at radius 1 is 1.44 bits per heavy atom. The van der Waals surface area contributed by atoms with E-state index in [0.29, 0.717) is 12.3 Å². The molecule has 0 aliphatic carbocycles. The number of carbonyl (C=O) groups excluding carboxylic acids is 1. The minimum absolute atomic E-state index is 0.0185.